The smallest absolute Gasteiger partial charge is 0.235 e. The summed E-state index contributed by atoms with van der Waals surface area (Å²) in [6.07, 6.45) is 1.55. The molecule has 7 nitrogen and oxygen atoms in total. The lowest BCUT2D eigenvalue weighted by molar-refractivity contribution is 0.326. The molecule has 0 spiro atoms. The summed E-state index contributed by atoms with van der Waals surface area (Å²) in [5.74, 6) is 0.676. The van der Waals surface area contributed by atoms with E-state index in [9.17, 15) is 5.26 Å². The molecule has 0 bridgehead atoms. The molecule has 2 heterocycles. The van der Waals surface area contributed by atoms with Crippen LogP contribution < -0.4 is 15.8 Å². The number of pyridine rings is 1. The van der Waals surface area contributed by atoms with Crippen molar-refractivity contribution in [2.75, 3.05) is 17.7 Å². The number of nitrogens with zero attached hydrogens (tertiary/aromatic N) is 4. The van der Waals surface area contributed by atoms with Gasteiger partial charge in [0.2, 0.25) is 5.88 Å². The fourth-order valence-corrected chi connectivity index (χ4v) is 2.63. The topological polar surface area (TPSA) is 102 Å². The van der Waals surface area contributed by atoms with Gasteiger partial charge >= 0.3 is 0 Å². The monoisotopic (exact) mass is 388 g/mol. The third kappa shape index (κ3) is 3.52. The number of rotatable bonds is 5. The first-order valence-electron chi connectivity index (χ1n) is 7.62. The summed E-state index contributed by atoms with van der Waals surface area (Å²) in [6, 6.07) is 11.0. The van der Waals surface area contributed by atoms with Crippen molar-refractivity contribution in [1.82, 2.24) is 14.5 Å². The molecule has 2 aromatic heterocycles. The minimum atomic E-state index is 0.203. The van der Waals surface area contributed by atoms with Gasteiger partial charge in [0, 0.05) is 17.4 Å². The van der Waals surface area contributed by atoms with Crippen LogP contribution in [-0.2, 0) is 0 Å². The third-order valence-electron chi connectivity index (χ3n) is 3.50. The van der Waals surface area contributed by atoms with Crippen molar-refractivity contribution in [2.24, 2.45) is 0 Å². The van der Waals surface area contributed by atoms with Crippen LogP contribution in [0.2, 0.25) is 10.3 Å². The summed E-state index contributed by atoms with van der Waals surface area (Å²) < 4.78 is 7.05. The highest BCUT2D eigenvalue weighted by molar-refractivity contribution is 6.40. The molecular weight excluding hydrogens is 375 g/mol. The summed E-state index contributed by atoms with van der Waals surface area (Å²) in [5, 5.41) is 12.9. The molecule has 0 amide bonds. The van der Waals surface area contributed by atoms with Crippen LogP contribution in [0, 0.1) is 11.3 Å². The molecular formula is C17H14Cl2N6O. The number of aromatic nitrogens is 3. The van der Waals surface area contributed by atoms with Gasteiger partial charge in [0.25, 0.3) is 0 Å². The van der Waals surface area contributed by atoms with E-state index in [1.807, 2.05) is 37.3 Å². The second kappa shape index (κ2) is 7.52. The van der Waals surface area contributed by atoms with Crippen LogP contribution in [0.1, 0.15) is 12.5 Å². The van der Waals surface area contributed by atoms with Crippen molar-refractivity contribution in [1.29, 1.82) is 5.26 Å². The highest BCUT2D eigenvalue weighted by Crippen LogP contribution is 2.28. The van der Waals surface area contributed by atoms with Crippen LogP contribution in [-0.4, -0.2) is 21.1 Å². The average Bonchev–Trinajstić information content (AvgIpc) is 2.95. The first-order valence-corrected chi connectivity index (χ1v) is 8.38. The zero-order chi connectivity index (χ0) is 18.7. The highest BCUT2D eigenvalue weighted by atomic mass is 35.5. The van der Waals surface area contributed by atoms with E-state index in [2.05, 4.69) is 15.3 Å². The zero-order valence-electron chi connectivity index (χ0n) is 13.7. The van der Waals surface area contributed by atoms with Gasteiger partial charge in [-0.25, -0.2) is 4.98 Å². The number of nitriles is 1. The van der Waals surface area contributed by atoms with E-state index in [-0.39, 0.29) is 16.6 Å². The van der Waals surface area contributed by atoms with Crippen molar-refractivity contribution in [3.63, 3.8) is 0 Å². The molecule has 0 aliphatic rings. The van der Waals surface area contributed by atoms with Gasteiger partial charge in [-0.15, -0.1) is 0 Å². The van der Waals surface area contributed by atoms with Crippen molar-refractivity contribution in [2.45, 2.75) is 6.92 Å². The summed E-state index contributed by atoms with van der Waals surface area (Å²) in [6.45, 7) is 2.19. The molecule has 132 valence electrons. The lowest BCUT2D eigenvalue weighted by Crippen LogP contribution is -2.04. The Morgan fingerprint density at radius 2 is 2.04 bits per heavy atom. The first-order chi connectivity index (χ1) is 12.5. The lowest BCUT2D eigenvalue weighted by atomic mass is 10.2. The number of ether oxygens (including phenoxy) is 1. The number of imidazole rings is 1. The Morgan fingerprint density at radius 3 is 2.62 bits per heavy atom. The number of hydrogen-bond donors (Lipinski definition) is 2. The number of nitrogens with two attached hydrogens (primary N) is 1. The predicted molar refractivity (Wildman–Crippen MR) is 101 cm³/mol. The molecule has 3 N–H and O–H groups in total. The normalized spacial score (nSPS) is 10.4. The van der Waals surface area contributed by atoms with Crippen molar-refractivity contribution in [3.05, 3.63) is 52.5 Å². The Labute approximate surface area is 160 Å². The van der Waals surface area contributed by atoms with E-state index in [1.165, 1.54) is 0 Å². The average molecular weight is 389 g/mol. The van der Waals surface area contributed by atoms with E-state index in [4.69, 9.17) is 33.7 Å². The Morgan fingerprint density at radius 1 is 1.31 bits per heavy atom. The SMILES string of the molecule is CCOc1nc(Nc2ccc(-n3cnc(Cl)c3Cl)cc2)cc(N)c1C#N. The van der Waals surface area contributed by atoms with E-state index >= 15 is 0 Å². The second-order valence-corrected chi connectivity index (χ2v) is 5.91. The van der Waals surface area contributed by atoms with Gasteiger partial charge < -0.3 is 15.8 Å². The van der Waals surface area contributed by atoms with Gasteiger partial charge in [-0.05, 0) is 31.2 Å². The number of halogens is 2. The van der Waals surface area contributed by atoms with E-state index in [0.717, 1.165) is 11.4 Å². The Balaban J connectivity index is 1.85. The van der Waals surface area contributed by atoms with Crippen LogP contribution in [0.4, 0.5) is 17.2 Å². The molecule has 3 aromatic rings. The fourth-order valence-electron chi connectivity index (χ4n) is 2.30. The Hall–Kier alpha value is -2.95. The van der Waals surface area contributed by atoms with E-state index < -0.39 is 0 Å². The molecule has 0 aliphatic carbocycles. The maximum atomic E-state index is 9.17. The van der Waals surface area contributed by atoms with Crippen LogP contribution in [0.25, 0.3) is 5.69 Å². The molecule has 0 unspecified atom stereocenters. The molecule has 0 atom stereocenters. The Kier molecular flexibility index (Phi) is 5.16. The number of benzene rings is 1. The summed E-state index contributed by atoms with van der Waals surface area (Å²) in [7, 11) is 0. The largest absolute Gasteiger partial charge is 0.477 e. The summed E-state index contributed by atoms with van der Waals surface area (Å²) >= 11 is 12.0. The van der Waals surface area contributed by atoms with Crippen molar-refractivity contribution < 1.29 is 4.74 Å². The fraction of sp³-hybridized carbons (Fsp3) is 0.118. The minimum Gasteiger partial charge on any atom is -0.477 e. The second-order valence-electron chi connectivity index (χ2n) is 5.19. The quantitative estimate of drug-likeness (QED) is 0.679. The zero-order valence-corrected chi connectivity index (χ0v) is 15.2. The summed E-state index contributed by atoms with van der Waals surface area (Å²) in [5.41, 5.74) is 8.01. The molecule has 9 heteroatoms. The van der Waals surface area contributed by atoms with E-state index in [0.29, 0.717) is 23.3 Å². The third-order valence-corrected chi connectivity index (χ3v) is 4.23. The van der Waals surface area contributed by atoms with Crippen LogP contribution in [0.5, 0.6) is 5.88 Å². The minimum absolute atomic E-state index is 0.203. The van der Waals surface area contributed by atoms with Gasteiger partial charge in [0.1, 0.15) is 23.8 Å². The molecule has 3 rings (SSSR count). The maximum Gasteiger partial charge on any atom is 0.235 e. The molecule has 0 fully saturated rings. The summed E-state index contributed by atoms with van der Waals surface area (Å²) in [4.78, 5) is 8.25. The Bertz CT molecular complexity index is 978. The van der Waals surface area contributed by atoms with Gasteiger partial charge in [-0.3, -0.25) is 4.57 Å². The number of anilines is 3. The predicted octanol–water partition coefficient (Wildman–Crippen LogP) is 4.17. The molecule has 0 saturated heterocycles. The van der Waals surface area contributed by atoms with Gasteiger partial charge in [-0.2, -0.15) is 10.2 Å². The van der Waals surface area contributed by atoms with Gasteiger partial charge in [-0.1, -0.05) is 23.2 Å². The van der Waals surface area contributed by atoms with E-state index in [1.54, 1.807) is 17.0 Å². The maximum absolute atomic E-state index is 9.17. The van der Waals surface area contributed by atoms with Crippen LogP contribution in [0.15, 0.2) is 36.7 Å². The molecule has 26 heavy (non-hydrogen) atoms. The number of nitrogens with one attached hydrogen (secondary N) is 1. The lowest BCUT2D eigenvalue weighted by Gasteiger charge is -2.12. The molecule has 0 radical (unpaired) electrons. The van der Waals surface area contributed by atoms with Crippen molar-refractivity contribution in [3.8, 4) is 17.6 Å². The standard InChI is InChI=1S/C17H14Cl2N6O/c1-2-26-17-12(8-20)13(21)7-14(24-17)23-10-3-5-11(6-4-10)25-9-22-15(18)16(25)19/h3-7,9H,2H2,1H3,(H3,21,23,24). The van der Waals surface area contributed by atoms with Crippen LogP contribution >= 0.6 is 23.2 Å². The van der Waals surface area contributed by atoms with Gasteiger partial charge in [0.05, 0.1) is 12.3 Å². The first kappa shape index (κ1) is 17.9. The number of hydrogen-bond acceptors (Lipinski definition) is 6. The van der Waals surface area contributed by atoms with Gasteiger partial charge in [0.15, 0.2) is 10.3 Å². The number of nitrogen functional groups attached to an aromatic ring is 1. The van der Waals surface area contributed by atoms with Crippen LogP contribution in [0.3, 0.4) is 0 Å². The molecule has 1 aromatic carbocycles. The highest BCUT2D eigenvalue weighted by Gasteiger charge is 2.12. The molecule has 0 saturated carbocycles. The van der Waals surface area contributed by atoms with Crippen molar-refractivity contribution >= 4 is 40.4 Å². The molecule has 0 aliphatic heterocycles.